The maximum atomic E-state index is 6.36. The molecule has 0 bridgehead atoms. The zero-order valence-electron chi connectivity index (χ0n) is 21.7. The molecule has 198 valence electrons. The number of nitrogens with zero attached hydrogens (tertiary/aromatic N) is 3. The summed E-state index contributed by atoms with van der Waals surface area (Å²) in [5.41, 5.74) is 18.2. The number of rotatable bonds is 15. The summed E-state index contributed by atoms with van der Waals surface area (Å²) in [7, 11) is 0. The maximum absolute atomic E-state index is 6.36. The van der Waals surface area contributed by atoms with E-state index in [1.165, 1.54) is 11.1 Å². The van der Waals surface area contributed by atoms with Crippen LogP contribution in [-0.4, -0.2) is 36.5 Å². The van der Waals surface area contributed by atoms with Crippen LogP contribution < -0.4 is 27.9 Å². The van der Waals surface area contributed by atoms with Crippen molar-refractivity contribution in [1.29, 1.82) is 0 Å². The fraction of sp³-hybridized carbons (Fsp3) is 0.200. The number of nitrogens with one attached hydrogen (secondary N) is 2. The summed E-state index contributed by atoms with van der Waals surface area (Å²) < 4.78 is 0. The molecular weight excluding hydrogens is 472 g/mol. The van der Waals surface area contributed by atoms with E-state index in [1.54, 1.807) is 6.21 Å². The van der Waals surface area contributed by atoms with Gasteiger partial charge in [0.15, 0.2) is 0 Å². The molecule has 0 aromatic heterocycles. The van der Waals surface area contributed by atoms with Crippen molar-refractivity contribution in [2.75, 3.05) is 19.6 Å². The Morgan fingerprint density at radius 3 is 1.55 bits per heavy atom. The first-order valence-corrected chi connectivity index (χ1v) is 12.6. The van der Waals surface area contributed by atoms with Gasteiger partial charge in [-0.25, -0.2) is 0 Å². The molecule has 3 aromatic rings. The second-order valence-electron chi connectivity index (χ2n) is 8.89. The van der Waals surface area contributed by atoms with Crippen LogP contribution in [0.5, 0.6) is 0 Å². The van der Waals surface area contributed by atoms with Crippen LogP contribution in [0.4, 0.5) is 0 Å². The minimum atomic E-state index is 0.440. The third kappa shape index (κ3) is 11.0. The van der Waals surface area contributed by atoms with Gasteiger partial charge >= 0.3 is 0 Å². The van der Waals surface area contributed by atoms with E-state index in [0.29, 0.717) is 56.4 Å². The first kappa shape index (κ1) is 28.0. The number of hydrazone groups is 1. The predicted octanol–water partition coefficient (Wildman–Crippen LogP) is 3.05. The molecule has 0 fully saturated rings. The van der Waals surface area contributed by atoms with Gasteiger partial charge in [-0.3, -0.25) is 9.89 Å². The van der Waals surface area contributed by atoms with Crippen LogP contribution in [0.25, 0.3) is 0 Å². The van der Waals surface area contributed by atoms with Gasteiger partial charge in [0.05, 0.1) is 12.3 Å². The topological polar surface area (TPSA) is 130 Å². The van der Waals surface area contributed by atoms with E-state index in [4.69, 9.17) is 17.3 Å². The Morgan fingerprint density at radius 1 is 0.658 bits per heavy atom. The number of aliphatic imine (C=N–C) groups is 1. The van der Waals surface area contributed by atoms with Crippen LogP contribution in [0.1, 0.15) is 16.7 Å². The molecule has 0 spiro atoms. The molecule has 0 saturated heterocycles. The van der Waals surface area contributed by atoms with Crippen molar-refractivity contribution in [1.82, 2.24) is 15.5 Å². The minimum absolute atomic E-state index is 0.440. The van der Waals surface area contributed by atoms with Gasteiger partial charge in [0, 0.05) is 62.7 Å². The molecule has 0 saturated carbocycles. The summed E-state index contributed by atoms with van der Waals surface area (Å²) in [6.45, 7) is 3.32. The Hall–Kier alpha value is -4.56. The van der Waals surface area contributed by atoms with Crippen molar-refractivity contribution >= 4 is 11.9 Å². The van der Waals surface area contributed by atoms with Crippen molar-refractivity contribution in [2.45, 2.75) is 19.6 Å². The van der Waals surface area contributed by atoms with Crippen molar-refractivity contribution in [3.05, 3.63) is 131 Å². The highest BCUT2D eigenvalue weighted by atomic mass is 15.2. The Kier molecular flexibility index (Phi) is 12.0. The third-order valence-electron chi connectivity index (χ3n) is 5.59. The fourth-order valence-corrected chi connectivity index (χ4v) is 3.75. The minimum Gasteiger partial charge on any atom is -0.400 e. The summed E-state index contributed by atoms with van der Waals surface area (Å²) in [5.74, 6) is 5.70. The Balaban J connectivity index is 1.61. The van der Waals surface area contributed by atoms with Crippen LogP contribution in [0.15, 0.2) is 125 Å². The normalized spacial score (nSPS) is 12.7. The fourth-order valence-electron chi connectivity index (χ4n) is 3.75. The van der Waals surface area contributed by atoms with Crippen LogP contribution >= 0.6 is 0 Å². The van der Waals surface area contributed by atoms with E-state index in [-0.39, 0.29) is 0 Å². The molecule has 3 rings (SSSR count). The largest absolute Gasteiger partial charge is 0.400 e. The monoisotopic (exact) mass is 510 g/mol. The lowest BCUT2D eigenvalue weighted by molar-refractivity contribution is 0.363. The molecule has 8 nitrogen and oxygen atoms in total. The molecule has 0 aliphatic carbocycles. The van der Waals surface area contributed by atoms with Crippen molar-refractivity contribution in [2.24, 2.45) is 27.4 Å². The first-order chi connectivity index (χ1) is 18.6. The van der Waals surface area contributed by atoms with Crippen molar-refractivity contribution < 1.29 is 0 Å². The molecule has 8 N–H and O–H groups in total. The molecule has 0 aliphatic heterocycles. The van der Waals surface area contributed by atoms with Gasteiger partial charge in [-0.1, -0.05) is 91.0 Å². The molecule has 0 atom stereocenters. The zero-order chi connectivity index (χ0) is 26.8. The molecule has 0 unspecified atom stereocenters. The smallest absolute Gasteiger partial charge is 0.0918 e. The highest BCUT2D eigenvalue weighted by Crippen LogP contribution is 2.03. The number of benzene rings is 3. The number of nitrogens with two attached hydrogens (primary N) is 3. The summed E-state index contributed by atoms with van der Waals surface area (Å²) in [4.78, 5) is 6.59. The second kappa shape index (κ2) is 16.2. The van der Waals surface area contributed by atoms with Gasteiger partial charge < -0.3 is 27.9 Å². The van der Waals surface area contributed by atoms with E-state index >= 15 is 0 Å². The molecule has 0 heterocycles. The van der Waals surface area contributed by atoms with Crippen LogP contribution in [-0.2, 0) is 19.6 Å². The second-order valence-corrected chi connectivity index (χ2v) is 8.89. The Morgan fingerprint density at radius 2 is 1.11 bits per heavy atom. The number of hydrogen-bond acceptors (Lipinski definition) is 8. The van der Waals surface area contributed by atoms with Gasteiger partial charge in [-0.2, -0.15) is 5.10 Å². The molecule has 8 heteroatoms. The molecule has 0 aliphatic rings. The van der Waals surface area contributed by atoms with Crippen LogP contribution in [0.3, 0.4) is 0 Å². The third-order valence-corrected chi connectivity index (χ3v) is 5.59. The maximum Gasteiger partial charge on any atom is 0.0918 e. The Labute approximate surface area is 225 Å². The lowest BCUT2D eigenvalue weighted by atomic mass is 10.2. The van der Waals surface area contributed by atoms with E-state index in [1.807, 2.05) is 79.1 Å². The molecule has 3 aromatic carbocycles. The lowest BCUT2D eigenvalue weighted by Gasteiger charge is -2.22. The molecule has 0 radical (unpaired) electrons. The van der Waals surface area contributed by atoms with Gasteiger partial charge in [-0.05, 0) is 16.7 Å². The van der Waals surface area contributed by atoms with E-state index in [0.717, 1.165) is 5.56 Å². The molecular formula is C30H38N8. The quantitative estimate of drug-likeness (QED) is 0.121. The predicted molar refractivity (Wildman–Crippen MR) is 158 cm³/mol. The van der Waals surface area contributed by atoms with Gasteiger partial charge in [-0.15, -0.1) is 0 Å². The van der Waals surface area contributed by atoms with Gasteiger partial charge in [0.25, 0.3) is 0 Å². The summed E-state index contributed by atoms with van der Waals surface area (Å²) in [6.07, 6.45) is 5.37. The van der Waals surface area contributed by atoms with Gasteiger partial charge in [0.2, 0.25) is 0 Å². The first-order valence-electron chi connectivity index (χ1n) is 12.6. The lowest BCUT2D eigenvalue weighted by Crippen LogP contribution is -2.37. The van der Waals surface area contributed by atoms with Crippen LogP contribution in [0, 0.1) is 0 Å². The standard InChI is InChI=1S/C30H38N8/c31-28(19-34-16-25-10-4-1-5-11-25)22-38(23-29(32)20-35-17-26-12-6-2-7-13-26)24-30(37-33)21-36-18-27-14-8-3-9-15-27/h1-15,19-21,34-35H,16-18,22-24,31-33H2/b28-19-,29-20-,36-21?,37-30+. The van der Waals surface area contributed by atoms with Crippen LogP contribution in [0.2, 0.25) is 0 Å². The molecule has 0 amide bonds. The number of hydrogen-bond donors (Lipinski definition) is 5. The highest BCUT2D eigenvalue weighted by molar-refractivity contribution is 6.31. The Bertz CT molecular complexity index is 1130. The average Bonchev–Trinajstić information content (AvgIpc) is 2.94. The van der Waals surface area contributed by atoms with Gasteiger partial charge in [0.1, 0.15) is 0 Å². The highest BCUT2D eigenvalue weighted by Gasteiger charge is 2.11. The van der Waals surface area contributed by atoms with E-state index < -0.39 is 0 Å². The van der Waals surface area contributed by atoms with Crippen molar-refractivity contribution in [3.8, 4) is 0 Å². The summed E-state index contributed by atoms with van der Waals surface area (Å²) >= 11 is 0. The van der Waals surface area contributed by atoms with E-state index in [2.05, 4.69) is 49.9 Å². The molecule has 38 heavy (non-hydrogen) atoms. The van der Waals surface area contributed by atoms with E-state index in [9.17, 15) is 0 Å². The summed E-state index contributed by atoms with van der Waals surface area (Å²) in [6, 6.07) is 30.3. The average molecular weight is 511 g/mol. The zero-order valence-corrected chi connectivity index (χ0v) is 21.7. The van der Waals surface area contributed by atoms with Crippen molar-refractivity contribution in [3.63, 3.8) is 0 Å². The SMILES string of the molecule is N/N=C(\C=NCc1ccccc1)CN(C/C(N)=C/NCc1ccccc1)C/C(N)=C/NCc1ccccc1. The summed E-state index contributed by atoms with van der Waals surface area (Å²) in [5, 5.41) is 10.5.